The van der Waals surface area contributed by atoms with E-state index < -0.39 is 0 Å². The number of rotatable bonds is 3. The van der Waals surface area contributed by atoms with Crippen molar-refractivity contribution in [1.29, 1.82) is 0 Å². The Balaban J connectivity index is 1.60. The van der Waals surface area contributed by atoms with Crippen LogP contribution >= 0.6 is 0 Å². The molecule has 4 fully saturated rings. The summed E-state index contributed by atoms with van der Waals surface area (Å²) in [6, 6.07) is 4.91. The summed E-state index contributed by atoms with van der Waals surface area (Å²) in [5.74, 6) is 4.99. The van der Waals surface area contributed by atoms with Crippen LogP contribution < -0.4 is 10.6 Å². The number of nitrogens with two attached hydrogens (primary N) is 1. The fourth-order valence-corrected chi connectivity index (χ4v) is 5.46. The Kier molecular flexibility index (Phi) is 2.99. The first kappa shape index (κ1) is 12.6. The van der Waals surface area contributed by atoms with E-state index in [0.717, 1.165) is 29.5 Å². The predicted octanol–water partition coefficient (Wildman–Crippen LogP) is 2.80. The zero-order valence-corrected chi connectivity index (χ0v) is 12.3. The molecule has 0 saturated heterocycles. The summed E-state index contributed by atoms with van der Waals surface area (Å²) in [6.45, 7) is 0.602. The number of pyridine rings is 1. The molecule has 0 atom stereocenters. The first-order valence-electron chi connectivity index (χ1n) is 8.12. The molecule has 1 aromatic rings. The maximum absolute atomic E-state index is 5.77. The normalized spacial score (nSPS) is 38.2. The van der Waals surface area contributed by atoms with Crippen LogP contribution in [0.15, 0.2) is 18.3 Å². The average molecular weight is 271 g/mol. The summed E-state index contributed by atoms with van der Waals surface area (Å²) in [5, 5.41) is 0. The molecular weight excluding hydrogens is 246 g/mol. The molecular formula is C17H25N3. The molecule has 4 bridgehead atoms. The summed E-state index contributed by atoms with van der Waals surface area (Å²) in [7, 11) is 2.25. The molecule has 20 heavy (non-hydrogen) atoms. The number of aromatic nitrogens is 1. The first-order valence-corrected chi connectivity index (χ1v) is 8.12. The summed E-state index contributed by atoms with van der Waals surface area (Å²) in [5.41, 5.74) is 6.95. The van der Waals surface area contributed by atoms with Crippen molar-refractivity contribution in [3.05, 3.63) is 23.9 Å². The van der Waals surface area contributed by atoms with Crippen molar-refractivity contribution in [3.63, 3.8) is 0 Å². The maximum Gasteiger partial charge on any atom is 0.128 e. The lowest BCUT2D eigenvalue weighted by Gasteiger charge is -2.56. The maximum atomic E-state index is 5.77. The van der Waals surface area contributed by atoms with Crippen LogP contribution in [0, 0.1) is 23.7 Å². The molecule has 0 radical (unpaired) electrons. The van der Waals surface area contributed by atoms with Crippen LogP contribution in [0.3, 0.4) is 0 Å². The summed E-state index contributed by atoms with van der Waals surface area (Å²) in [6.07, 6.45) is 9.25. The monoisotopic (exact) mass is 271 g/mol. The van der Waals surface area contributed by atoms with E-state index in [1.54, 1.807) is 0 Å². The second kappa shape index (κ2) is 4.73. The Morgan fingerprint density at radius 3 is 2.40 bits per heavy atom. The van der Waals surface area contributed by atoms with E-state index >= 15 is 0 Å². The second-order valence-electron chi connectivity index (χ2n) is 7.26. The zero-order valence-electron chi connectivity index (χ0n) is 12.3. The quantitative estimate of drug-likeness (QED) is 0.919. The van der Waals surface area contributed by atoms with Crippen LogP contribution in [0.5, 0.6) is 0 Å². The SMILES string of the molecule is CN(c1cc(CN)ccn1)C1C2CC3CC(C2)CC1C3. The van der Waals surface area contributed by atoms with E-state index in [1.165, 1.54) is 37.7 Å². The van der Waals surface area contributed by atoms with Crippen LogP contribution in [0.4, 0.5) is 5.82 Å². The van der Waals surface area contributed by atoms with E-state index in [0.29, 0.717) is 12.6 Å². The molecule has 0 spiro atoms. The van der Waals surface area contributed by atoms with Gasteiger partial charge in [0.1, 0.15) is 5.82 Å². The summed E-state index contributed by atoms with van der Waals surface area (Å²) in [4.78, 5) is 7.05. The lowest BCUT2D eigenvalue weighted by molar-refractivity contribution is -0.00142. The van der Waals surface area contributed by atoms with Crippen molar-refractivity contribution in [3.8, 4) is 0 Å². The van der Waals surface area contributed by atoms with Gasteiger partial charge in [-0.15, -0.1) is 0 Å². The van der Waals surface area contributed by atoms with Crippen molar-refractivity contribution in [2.45, 2.75) is 44.7 Å². The Morgan fingerprint density at radius 1 is 1.15 bits per heavy atom. The minimum absolute atomic E-state index is 0.602. The third-order valence-corrected chi connectivity index (χ3v) is 6.03. The second-order valence-corrected chi connectivity index (χ2v) is 7.26. The lowest BCUT2D eigenvalue weighted by atomic mass is 9.54. The van der Waals surface area contributed by atoms with Gasteiger partial charge in [-0.05, 0) is 73.5 Å². The molecule has 108 valence electrons. The van der Waals surface area contributed by atoms with Gasteiger partial charge in [0.25, 0.3) is 0 Å². The molecule has 4 saturated carbocycles. The van der Waals surface area contributed by atoms with Gasteiger partial charge in [-0.3, -0.25) is 0 Å². The van der Waals surface area contributed by atoms with Gasteiger partial charge in [0, 0.05) is 25.8 Å². The molecule has 4 aliphatic rings. The van der Waals surface area contributed by atoms with Crippen molar-refractivity contribution in [1.82, 2.24) is 4.98 Å². The Morgan fingerprint density at radius 2 is 1.80 bits per heavy atom. The van der Waals surface area contributed by atoms with Gasteiger partial charge in [-0.2, -0.15) is 0 Å². The molecule has 0 aliphatic heterocycles. The molecule has 3 heteroatoms. The fraction of sp³-hybridized carbons (Fsp3) is 0.706. The average Bonchev–Trinajstić information content (AvgIpc) is 2.46. The van der Waals surface area contributed by atoms with Gasteiger partial charge in [-0.25, -0.2) is 4.98 Å². The molecule has 1 heterocycles. The molecule has 4 aliphatic carbocycles. The van der Waals surface area contributed by atoms with Crippen LogP contribution in [-0.4, -0.2) is 18.1 Å². The minimum atomic E-state index is 0.602. The molecule has 0 aromatic carbocycles. The lowest BCUT2D eigenvalue weighted by Crippen LogP contribution is -2.55. The van der Waals surface area contributed by atoms with Crippen LogP contribution in [0.2, 0.25) is 0 Å². The van der Waals surface area contributed by atoms with Crippen LogP contribution in [0.1, 0.15) is 37.7 Å². The summed E-state index contributed by atoms with van der Waals surface area (Å²) < 4.78 is 0. The first-order chi connectivity index (χ1) is 9.74. The van der Waals surface area contributed by atoms with Crippen molar-refractivity contribution < 1.29 is 0 Å². The number of hydrogen-bond donors (Lipinski definition) is 1. The summed E-state index contributed by atoms with van der Waals surface area (Å²) >= 11 is 0. The van der Waals surface area contributed by atoms with Crippen molar-refractivity contribution >= 4 is 5.82 Å². The largest absolute Gasteiger partial charge is 0.356 e. The van der Waals surface area contributed by atoms with Crippen molar-refractivity contribution in [2.24, 2.45) is 29.4 Å². The van der Waals surface area contributed by atoms with Gasteiger partial charge in [0.15, 0.2) is 0 Å². The number of anilines is 1. The van der Waals surface area contributed by atoms with Gasteiger partial charge in [-0.1, -0.05) is 0 Å². The highest BCUT2D eigenvalue weighted by Crippen LogP contribution is 2.55. The molecule has 1 aromatic heterocycles. The molecule has 2 N–H and O–H groups in total. The smallest absolute Gasteiger partial charge is 0.128 e. The molecule has 5 rings (SSSR count). The van der Waals surface area contributed by atoms with Gasteiger partial charge >= 0.3 is 0 Å². The van der Waals surface area contributed by atoms with Crippen LogP contribution in [0.25, 0.3) is 0 Å². The van der Waals surface area contributed by atoms with Gasteiger partial charge < -0.3 is 10.6 Å². The predicted molar refractivity (Wildman–Crippen MR) is 81.4 cm³/mol. The highest BCUT2D eigenvalue weighted by atomic mass is 15.2. The number of hydrogen-bond acceptors (Lipinski definition) is 3. The molecule has 3 nitrogen and oxygen atoms in total. The van der Waals surface area contributed by atoms with Crippen molar-refractivity contribution in [2.75, 3.05) is 11.9 Å². The standard InChI is InChI=1S/C17H25N3/c1-20(16-9-11(10-18)2-3-19-16)17-14-5-12-4-13(7-14)8-15(17)6-12/h2-3,9,12-15,17H,4-8,10,18H2,1H3. The van der Waals surface area contributed by atoms with Gasteiger partial charge in [0.05, 0.1) is 0 Å². The van der Waals surface area contributed by atoms with E-state index in [9.17, 15) is 0 Å². The third kappa shape index (κ3) is 1.95. The highest BCUT2D eigenvalue weighted by Gasteiger charge is 2.49. The highest BCUT2D eigenvalue weighted by molar-refractivity contribution is 5.42. The third-order valence-electron chi connectivity index (χ3n) is 6.03. The number of nitrogens with zero attached hydrogens (tertiary/aromatic N) is 2. The molecule has 0 unspecified atom stereocenters. The molecule has 0 amide bonds. The van der Waals surface area contributed by atoms with Crippen LogP contribution in [-0.2, 0) is 6.54 Å². The Bertz CT molecular complexity index is 471. The fourth-order valence-electron chi connectivity index (χ4n) is 5.46. The van der Waals surface area contributed by atoms with E-state index in [1.807, 2.05) is 12.3 Å². The van der Waals surface area contributed by atoms with Gasteiger partial charge in [0.2, 0.25) is 0 Å². The van der Waals surface area contributed by atoms with E-state index in [4.69, 9.17) is 5.73 Å². The topological polar surface area (TPSA) is 42.1 Å². The minimum Gasteiger partial charge on any atom is -0.356 e. The Hall–Kier alpha value is -1.09. The zero-order chi connectivity index (χ0) is 13.7. The van der Waals surface area contributed by atoms with E-state index in [-0.39, 0.29) is 0 Å². The Labute approximate surface area is 121 Å². The van der Waals surface area contributed by atoms with E-state index in [2.05, 4.69) is 23.0 Å².